The van der Waals surface area contributed by atoms with Crippen LogP contribution in [0.5, 0.6) is 0 Å². The Morgan fingerprint density at radius 1 is 1.20 bits per heavy atom. The van der Waals surface area contributed by atoms with Crippen molar-refractivity contribution in [2.24, 2.45) is 10.9 Å². The van der Waals surface area contributed by atoms with Crippen LogP contribution in [0.15, 0.2) is 29.3 Å². The first-order valence-corrected chi connectivity index (χ1v) is 10.4. The van der Waals surface area contributed by atoms with Crippen molar-refractivity contribution >= 4 is 17.8 Å². The van der Waals surface area contributed by atoms with E-state index < -0.39 is 5.82 Å². The van der Waals surface area contributed by atoms with Gasteiger partial charge in [-0.15, -0.1) is 0 Å². The van der Waals surface area contributed by atoms with Crippen LogP contribution in [-0.4, -0.2) is 65.5 Å². The van der Waals surface area contributed by atoms with Gasteiger partial charge in [0.2, 0.25) is 11.8 Å². The van der Waals surface area contributed by atoms with E-state index in [1.165, 1.54) is 6.07 Å². The summed E-state index contributed by atoms with van der Waals surface area (Å²) in [6.45, 7) is 6.96. The molecule has 5 rings (SSSR count). The van der Waals surface area contributed by atoms with Crippen LogP contribution in [0.4, 0.5) is 10.3 Å². The highest BCUT2D eigenvalue weighted by Gasteiger charge is 2.45. The smallest absolute Gasteiger partial charge is 0.254 e. The van der Waals surface area contributed by atoms with Crippen LogP contribution in [0.1, 0.15) is 33.7 Å². The average Bonchev–Trinajstić information content (AvgIpc) is 3.22. The van der Waals surface area contributed by atoms with Gasteiger partial charge < -0.3 is 14.5 Å². The molecule has 3 aliphatic rings. The second-order valence-electron chi connectivity index (χ2n) is 8.17. The number of hydrogen-bond donors (Lipinski definition) is 0. The summed E-state index contributed by atoms with van der Waals surface area (Å²) >= 11 is 0. The normalized spacial score (nSPS) is 22.8. The summed E-state index contributed by atoms with van der Waals surface area (Å²) in [6, 6.07) is 6.70. The molecular weight excluding hydrogens is 385 g/mol. The van der Waals surface area contributed by atoms with E-state index in [2.05, 4.69) is 19.9 Å². The van der Waals surface area contributed by atoms with Gasteiger partial charge in [-0.1, -0.05) is 6.07 Å². The highest BCUT2D eigenvalue weighted by atomic mass is 19.1. The van der Waals surface area contributed by atoms with E-state index in [0.29, 0.717) is 37.7 Å². The SMILES string of the molecule is Cc1cc(C)nc(N2C[C@@H]3CCN(C(=O)c4cccc(F)c4C4=NCCO4)C[C@@H]32)n1. The van der Waals surface area contributed by atoms with E-state index in [1.807, 2.05) is 24.8 Å². The van der Waals surface area contributed by atoms with Crippen molar-refractivity contribution in [3.05, 3.63) is 52.6 Å². The number of carbonyl (C=O) groups excluding carboxylic acids is 1. The molecule has 1 aromatic carbocycles. The molecule has 8 heteroatoms. The lowest BCUT2D eigenvalue weighted by molar-refractivity contribution is 0.0588. The zero-order chi connectivity index (χ0) is 20.8. The fourth-order valence-corrected chi connectivity index (χ4v) is 4.62. The second-order valence-corrected chi connectivity index (χ2v) is 8.17. The third-order valence-corrected chi connectivity index (χ3v) is 6.11. The number of rotatable bonds is 3. The number of halogens is 1. The van der Waals surface area contributed by atoms with Crippen LogP contribution in [0.2, 0.25) is 0 Å². The number of aryl methyl sites for hydroxylation is 2. The first kappa shape index (κ1) is 19.0. The van der Waals surface area contributed by atoms with E-state index in [9.17, 15) is 9.18 Å². The number of anilines is 1. The topological polar surface area (TPSA) is 70.9 Å². The van der Waals surface area contributed by atoms with Crippen molar-refractivity contribution in [2.75, 3.05) is 37.7 Å². The third-order valence-electron chi connectivity index (χ3n) is 6.11. The van der Waals surface area contributed by atoms with Crippen molar-refractivity contribution in [1.29, 1.82) is 0 Å². The number of benzene rings is 1. The van der Waals surface area contributed by atoms with Crippen LogP contribution in [0.3, 0.4) is 0 Å². The molecule has 2 atom stereocenters. The molecule has 1 amide bonds. The number of aromatic nitrogens is 2. The number of hydrogen-bond acceptors (Lipinski definition) is 6. The van der Waals surface area contributed by atoms with E-state index >= 15 is 0 Å². The Kier molecular flexibility index (Phi) is 4.64. The molecule has 1 aromatic heterocycles. The highest BCUT2D eigenvalue weighted by Crippen LogP contribution is 2.35. The van der Waals surface area contributed by atoms with E-state index in [1.54, 1.807) is 12.1 Å². The summed E-state index contributed by atoms with van der Waals surface area (Å²) < 4.78 is 20.0. The standard InChI is InChI=1S/C22H24FN5O2/c1-13-10-14(2)26-22(25-13)28-11-15-6-8-27(12-18(15)28)21(29)16-4-3-5-17(23)19(16)20-24-7-9-30-20/h3-5,10,15,18H,6-9,11-12H2,1-2H3/t15-,18-/m0/s1. The maximum atomic E-state index is 14.6. The first-order chi connectivity index (χ1) is 14.5. The van der Waals surface area contributed by atoms with E-state index in [0.717, 1.165) is 30.3 Å². The number of fused-ring (bicyclic) bond motifs is 1. The molecule has 2 fully saturated rings. The molecule has 4 heterocycles. The van der Waals surface area contributed by atoms with Gasteiger partial charge in [0.25, 0.3) is 5.91 Å². The molecule has 0 spiro atoms. The van der Waals surface area contributed by atoms with Crippen molar-refractivity contribution < 1.29 is 13.9 Å². The van der Waals surface area contributed by atoms with Crippen LogP contribution >= 0.6 is 0 Å². The Balaban J connectivity index is 1.39. The average molecular weight is 409 g/mol. The van der Waals surface area contributed by atoms with Gasteiger partial charge in [-0.05, 0) is 38.5 Å². The quantitative estimate of drug-likeness (QED) is 0.778. The number of amides is 1. The monoisotopic (exact) mass is 409 g/mol. The summed E-state index contributed by atoms with van der Waals surface area (Å²) in [6.07, 6.45) is 0.916. The predicted octanol–water partition coefficient (Wildman–Crippen LogP) is 2.36. The molecule has 0 bridgehead atoms. The van der Waals surface area contributed by atoms with Gasteiger partial charge in [0.1, 0.15) is 12.4 Å². The van der Waals surface area contributed by atoms with Crippen molar-refractivity contribution in [3.8, 4) is 0 Å². The van der Waals surface area contributed by atoms with Gasteiger partial charge in [0.15, 0.2) is 0 Å². The van der Waals surface area contributed by atoms with Gasteiger partial charge in [0, 0.05) is 36.9 Å². The van der Waals surface area contributed by atoms with Gasteiger partial charge >= 0.3 is 0 Å². The zero-order valence-electron chi connectivity index (χ0n) is 17.1. The summed E-state index contributed by atoms with van der Waals surface area (Å²) in [5.74, 6) is 0.802. The summed E-state index contributed by atoms with van der Waals surface area (Å²) in [5.41, 5.74) is 2.35. The lowest BCUT2D eigenvalue weighted by Crippen LogP contribution is -2.65. The Labute approximate surface area is 174 Å². The minimum atomic E-state index is -0.481. The van der Waals surface area contributed by atoms with Crippen LogP contribution in [-0.2, 0) is 4.74 Å². The molecule has 0 radical (unpaired) electrons. The first-order valence-electron chi connectivity index (χ1n) is 10.4. The van der Waals surface area contributed by atoms with E-state index in [-0.39, 0.29) is 23.4 Å². The van der Waals surface area contributed by atoms with Crippen molar-refractivity contribution in [1.82, 2.24) is 14.9 Å². The molecule has 2 aromatic rings. The molecule has 156 valence electrons. The molecule has 0 saturated carbocycles. The zero-order valence-corrected chi connectivity index (χ0v) is 17.1. The molecular formula is C22H24FN5O2. The summed E-state index contributed by atoms with van der Waals surface area (Å²) in [5, 5.41) is 0. The van der Waals surface area contributed by atoms with Gasteiger partial charge in [-0.3, -0.25) is 4.79 Å². The number of aliphatic imine (C=N–C) groups is 1. The molecule has 30 heavy (non-hydrogen) atoms. The number of nitrogens with zero attached hydrogens (tertiary/aromatic N) is 5. The fraction of sp³-hybridized carbons (Fsp3) is 0.455. The Hall–Kier alpha value is -3.03. The van der Waals surface area contributed by atoms with Gasteiger partial charge in [0.05, 0.1) is 23.7 Å². The van der Waals surface area contributed by atoms with Crippen molar-refractivity contribution in [3.63, 3.8) is 0 Å². The predicted molar refractivity (Wildman–Crippen MR) is 110 cm³/mol. The van der Waals surface area contributed by atoms with E-state index in [4.69, 9.17) is 4.74 Å². The Morgan fingerprint density at radius 2 is 2.00 bits per heavy atom. The Bertz CT molecular complexity index is 1020. The molecule has 0 N–H and O–H groups in total. The lowest BCUT2D eigenvalue weighted by Gasteiger charge is -2.53. The largest absolute Gasteiger partial charge is 0.475 e. The highest BCUT2D eigenvalue weighted by molar-refractivity contribution is 6.07. The summed E-state index contributed by atoms with van der Waals surface area (Å²) in [7, 11) is 0. The van der Waals surface area contributed by atoms with Crippen LogP contribution < -0.4 is 4.90 Å². The maximum absolute atomic E-state index is 14.6. The van der Waals surface area contributed by atoms with Crippen molar-refractivity contribution in [2.45, 2.75) is 26.3 Å². The molecule has 0 aliphatic carbocycles. The lowest BCUT2D eigenvalue weighted by atomic mass is 9.82. The molecule has 0 unspecified atom stereocenters. The number of likely N-dealkylation sites (tertiary alicyclic amines) is 1. The number of piperidine rings is 1. The molecule has 3 aliphatic heterocycles. The molecule has 7 nitrogen and oxygen atoms in total. The Morgan fingerprint density at radius 3 is 2.73 bits per heavy atom. The van der Waals surface area contributed by atoms with Crippen LogP contribution in [0, 0.1) is 25.6 Å². The number of carbonyl (C=O) groups is 1. The third kappa shape index (κ3) is 3.20. The van der Waals surface area contributed by atoms with Gasteiger partial charge in [-0.2, -0.15) is 0 Å². The number of ether oxygens (including phenoxy) is 1. The van der Waals surface area contributed by atoms with Gasteiger partial charge in [-0.25, -0.2) is 19.4 Å². The van der Waals surface area contributed by atoms with Crippen LogP contribution in [0.25, 0.3) is 0 Å². The second kappa shape index (κ2) is 7.34. The fourth-order valence-electron chi connectivity index (χ4n) is 4.62. The summed E-state index contributed by atoms with van der Waals surface area (Å²) in [4.78, 5) is 30.7. The minimum Gasteiger partial charge on any atom is -0.475 e. The minimum absolute atomic E-state index is 0.172. The maximum Gasteiger partial charge on any atom is 0.254 e. The molecule has 2 saturated heterocycles.